The van der Waals surface area contributed by atoms with Crippen molar-refractivity contribution in [2.24, 2.45) is 0 Å². The summed E-state index contributed by atoms with van der Waals surface area (Å²) in [6.07, 6.45) is 25.6. The molecule has 1 aromatic heterocycles. The van der Waals surface area contributed by atoms with Crippen LogP contribution in [0.3, 0.4) is 0 Å². The van der Waals surface area contributed by atoms with Crippen LogP contribution >= 0.6 is 11.7 Å². The van der Waals surface area contributed by atoms with Gasteiger partial charge in [-0.05, 0) is 12.8 Å². The van der Waals surface area contributed by atoms with Crippen LogP contribution in [0, 0.1) is 0 Å². The molecule has 1 aliphatic rings. The predicted molar refractivity (Wildman–Crippen MR) is 166 cm³/mol. The number of carbonyl (C=O) groups excluding carboxylic acids is 1. The molecule has 0 saturated carbocycles. The van der Waals surface area contributed by atoms with Crippen molar-refractivity contribution in [3.63, 3.8) is 0 Å². The number of nitrogens with zero attached hydrogens (tertiary/aromatic N) is 3. The Balaban J connectivity index is 1.51. The van der Waals surface area contributed by atoms with E-state index >= 15 is 0 Å². The summed E-state index contributed by atoms with van der Waals surface area (Å²) < 4.78 is 26.3. The van der Waals surface area contributed by atoms with Gasteiger partial charge in [0, 0.05) is 12.0 Å². The zero-order valence-corrected chi connectivity index (χ0v) is 26.7. The maximum atomic E-state index is 12.2. The highest BCUT2D eigenvalue weighted by atomic mass is 32.1. The summed E-state index contributed by atoms with van der Waals surface area (Å²) >= 11 is 1.19. The minimum absolute atomic E-state index is 0.291. The lowest BCUT2D eigenvalue weighted by Crippen LogP contribution is -2.49. The molecule has 2 heterocycles. The second-order valence-electron chi connectivity index (χ2n) is 11.8. The highest BCUT2D eigenvalue weighted by Crippen LogP contribution is 2.30. The zero-order valence-electron chi connectivity index (χ0n) is 25.9. The maximum Gasteiger partial charge on any atom is 0.512 e. The largest absolute Gasteiger partial charge is 0.512 e. The third kappa shape index (κ3) is 15.4. The molecule has 230 valence electrons. The van der Waals surface area contributed by atoms with E-state index in [1.165, 1.54) is 108 Å². The number of unbranched alkanes of at least 4 members (excludes halogenated alkanes) is 16. The number of ether oxygens (including phenoxy) is 3. The van der Waals surface area contributed by atoms with Crippen LogP contribution < -0.4 is 4.74 Å². The molecular weight excluding hydrogens is 522 g/mol. The highest BCUT2D eigenvalue weighted by Gasteiger charge is 2.31. The van der Waals surface area contributed by atoms with Gasteiger partial charge in [-0.25, -0.2) is 4.79 Å². The van der Waals surface area contributed by atoms with E-state index in [4.69, 9.17) is 14.2 Å². The number of hydrogen-bond acceptors (Lipinski definition) is 7. The molecule has 0 spiro atoms. The van der Waals surface area contributed by atoms with E-state index in [-0.39, 0.29) is 0 Å². The Labute approximate surface area is 249 Å². The normalized spacial score (nSPS) is 17.0. The molecule has 0 bridgehead atoms. The standard InChI is InChI=1S/C32H58N3O4S/c1-4-6-8-10-11-12-13-14-15-16-17-18-19-21-26-38-32(36)39-28-35(3)24-22-23-29(27-35)30-31(34-40-33-30)37-25-20-9-7-5-2/h23H,4-22,24-28H2,1-3H3/q+1. The molecule has 0 radical (unpaired) electrons. The third-order valence-electron chi connectivity index (χ3n) is 7.82. The molecule has 0 aromatic carbocycles. The molecule has 1 aromatic rings. The number of likely N-dealkylation sites (N-methyl/N-ethyl adjacent to an activating group) is 1. The Morgan fingerprint density at radius 2 is 1.32 bits per heavy atom. The summed E-state index contributed by atoms with van der Waals surface area (Å²) in [5, 5.41) is 0. The van der Waals surface area contributed by atoms with Crippen molar-refractivity contribution in [3.8, 4) is 5.88 Å². The first-order valence-electron chi connectivity index (χ1n) is 16.4. The van der Waals surface area contributed by atoms with Crippen LogP contribution in [-0.2, 0) is 9.47 Å². The zero-order chi connectivity index (χ0) is 28.7. The average Bonchev–Trinajstić information content (AvgIpc) is 3.43. The first-order valence-corrected chi connectivity index (χ1v) is 17.1. The van der Waals surface area contributed by atoms with Gasteiger partial charge in [-0.15, -0.1) is 4.37 Å². The number of rotatable bonds is 24. The topological polar surface area (TPSA) is 70.5 Å². The molecule has 2 rings (SSSR count). The summed E-state index contributed by atoms with van der Waals surface area (Å²) in [6.45, 7) is 7.52. The lowest BCUT2D eigenvalue weighted by Gasteiger charge is -2.36. The summed E-state index contributed by atoms with van der Waals surface area (Å²) in [5.74, 6) is 0.634. The molecular formula is C32H58N3O4S+. The molecule has 0 N–H and O–H groups in total. The molecule has 40 heavy (non-hydrogen) atoms. The quantitative estimate of drug-likeness (QED) is 0.0689. The monoisotopic (exact) mass is 580 g/mol. The minimum Gasteiger partial charge on any atom is -0.475 e. The fourth-order valence-electron chi connectivity index (χ4n) is 5.26. The van der Waals surface area contributed by atoms with E-state index in [1.54, 1.807) is 0 Å². The Kier molecular flexibility index (Phi) is 19.0. The van der Waals surface area contributed by atoms with Crippen LogP contribution in [0.25, 0.3) is 5.57 Å². The van der Waals surface area contributed by atoms with Gasteiger partial charge in [0.05, 0.1) is 38.5 Å². The Bertz CT molecular complexity index is 816. The number of quaternary nitrogens is 1. The minimum atomic E-state index is -0.559. The van der Waals surface area contributed by atoms with Crippen molar-refractivity contribution in [2.45, 2.75) is 136 Å². The van der Waals surface area contributed by atoms with E-state index in [0.29, 0.717) is 30.3 Å². The fraction of sp³-hybridized carbons (Fsp3) is 0.844. The molecule has 7 nitrogen and oxygen atoms in total. The molecule has 8 heteroatoms. The van der Waals surface area contributed by atoms with Crippen LogP contribution in [0.2, 0.25) is 0 Å². The summed E-state index contributed by atoms with van der Waals surface area (Å²) in [4.78, 5) is 12.2. The van der Waals surface area contributed by atoms with Crippen molar-refractivity contribution in [2.75, 3.05) is 40.1 Å². The summed E-state index contributed by atoms with van der Waals surface area (Å²) in [5.41, 5.74) is 1.95. The van der Waals surface area contributed by atoms with Crippen molar-refractivity contribution >= 4 is 23.5 Å². The van der Waals surface area contributed by atoms with Gasteiger partial charge in [-0.1, -0.05) is 123 Å². The van der Waals surface area contributed by atoms with Gasteiger partial charge in [-0.3, -0.25) is 4.48 Å². The second kappa shape index (κ2) is 22.0. The lowest BCUT2D eigenvalue weighted by atomic mass is 10.0. The van der Waals surface area contributed by atoms with Gasteiger partial charge in [0.1, 0.15) is 12.2 Å². The van der Waals surface area contributed by atoms with Crippen LogP contribution in [0.4, 0.5) is 4.79 Å². The van der Waals surface area contributed by atoms with Gasteiger partial charge in [-0.2, -0.15) is 4.37 Å². The van der Waals surface area contributed by atoms with Crippen molar-refractivity contribution in [3.05, 3.63) is 11.8 Å². The third-order valence-corrected chi connectivity index (χ3v) is 8.33. The molecule has 0 saturated heterocycles. The van der Waals surface area contributed by atoms with Gasteiger partial charge in [0.2, 0.25) is 6.73 Å². The molecule has 1 aliphatic heterocycles. The van der Waals surface area contributed by atoms with E-state index in [1.807, 2.05) is 0 Å². The van der Waals surface area contributed by atoms with Gasteiger partial charge >= 0.3 is 6.16 Å². The number of carbonyl (C=O) groups is 1. The molecule has 0 amide bonds. The van der Waals surface area contributed by atoms with Crippen LogP contribution in [-0.4, -0.2) is 59.5 Å². The van der Waals surface area contributed by atoms with E-state index < -0.39 is 6.16 Å². The van der Waals surface area contributed by atoms with Gasteiger partial charge < -0.3 is 14.2 Å². The molecule has 0 fully saturated rings. The average molecular weight is 581 g/mol. The predicted octanol–water partition coefficient (Wildman–Crippen LogP) is 9.32. The molecule has 0 aliphatic carbocycles. The van der Waals surface area contributed by atoms with Gasteiger partial charge in [0.15, 0.2) is 0 Å². The van der Waals surface area contributed by atoms with E-state index in [9.17, 15) is 4.79 Å². The maximum absolute atomic E-state index is 12.2. The summed E-state index contributed by atoms with van der Waals surface area (Å²) in [7, 11) is 2.11. The Morgan fingerprint density at radius 1 is 0.775 bits per heavy atom. The smallest absolute Gasteiger partial charge is 0.475 e. The van der Waals surface area contributed by atoms with Crippen LogP contribution in [0.1, 0.15) is 142 Å². The Hall–Kier alpha value is -1.67. The molecule has 1 unspecified atom stereocenters. The van der Waals surface area contributed by atoms with Crippen LogP contribution in [0.5, 0.6) is 5.88 Å². The first-order chi connectivity index (χ1) is 19.6. The first kappa shape index (κ1) is 34.5. The lowest BCUT2D eigenvalue weighted by molar-refractivity contribution is -0.919. The highest BCUT2D eigenvalue weighted by molar-refractivity contribution is 6.99. The number of aromatic nitrogens is 2. The summed E-state index contributed by atoms with van der Waals surface area (Å²) in [6, 6.07) is 0. The van der Waals surface area contributed by atoms with E-state index in [2.05, 4.69) is 35.7 Å². The second-order valence-corrected chi connectivity index (χ2v) is 12.3. The Morgan fingerprint density at radius 3 is 1.95 bits per heavy atom. The van der Waals surface area contributed by atoms with E-state index in [0.717, 1.165) is 50.0 Å². The SMILES string of the molecule is CCCCCCCCCCCCCCCCOC(=O)OC[N+]1(C)CCC=C(c2nsnc2OCCCCCC)C1. The number of hydrogen-bond donors (Lipinski definition) is 0. The van der Waals surface area contributed by atoms with Crippen molar-refractivity contribution in [1.82, 2.24) is 8.75 Å². The van der Waals surface area contributed by atoms with Gasteiger partial charge in [0.25, 0.3) is 5.88 Å². The van der Waals surface area contributed by atoms with Crippen molar-refractivity contribution < 1.29 is 23.5 Å². The van der Waals surface area contributed by atoms with Crippen molar-refractivity contribution in [1.29, 1.82) is 0 Å². The molecule has 1 atom stereocenters. The van der Waals surface area contributed by atoms with Crippen LogP contribution in [0.15, 0.2) is 6.08 Å². The fourth-order valence-corrected chi connectivity index (χ4v) is 5.79.